The first kappa shape index (κ1) is 18.0. The summed E-state index contributed by atoms with van der Waals surface area (Å²) in [7, 11) is 0. The van der Waals surface area contributed by atoms with E-state index in [1.165, 1.54) is 17.0 Å². The van der Waals surface area contributed by atoms with Crippen LogP contribution in [0.1, 0.15) is 43.0 Å². The number of likely N-dealkylation sites (tertiary alicyclic amines) is 1. The Kier molecular flexibility index (Phi) is 5.60. The van der Waals surface area contributed by atoms with Gasteiger partial charge in [0.1, 0.15) is 5.82 Å². The number of carbonyl (C=O) groups excluding carboxylic acids is 2. The molecule has 3 rings (SSSR count). The third-order valence-corrected chi connectivity index (χ3v) is 4.26. The van der Waals surface area contributed by atoms with Gasteiger partial charge in [-0.15, -0.1) is 10.2 Å². The predicted molar refractivity (Wildman–Crippen MR) is 88.7 cm³/mol. The number of benzene rings is 1. The van der Waals surface area contributed by atoms with Gasteiger partial charge in [0.05, 0.1) is 18.9 Å². The van der Waals surface area contributed by atoms with Crippen LogP contribution in [0.3, 0.4) is 0 Å². The lowest BCUT2D eigenvalue weighted by Gasteiger charge is -2.30. The summed E-state index contributed by atoms with van der Waals surface area (Å²) < 4.78 is 23.5. The molecule has 1 aliphatic heterocycles. The number of esters is 1. The summed E-state index contributed by atoms with van der Waals surface area (Å²) >= 11 is 0. The second-order valence-corrected chi connectivity index (χ2v) is 6.15. The van der Waals surface area contributed by atoms with Crippen LogP contribution in [0.2, 0.25) is 0 Å². The van der Waals surface area contributed by atoms with Gasteiger partial charge in [-0.25, -0.2) is 9.18 Å². The first-order valence-corrected chi connectivity index (χ1v) is 8.59. The monoisotopic (exact) mass is 361 g/mol. The summed E-state index contributed by atoms with van der Waals surface area (Å²) in [6.07, 6.45) is 1.95. The molecule has 1 aromatic heterocycles. The Balaban J connectivity index is 1.64. The number of nitrogens with zero attached hydrogens (tertiary/aromatic N) is 3. The van der Waals surface area contributed by atoms with E-state index in [0.29, 0.717) is 31.3 Å². The molecule has 1 fully saturated rings. The molecule has 1 aliphatic rings. The molecule has 2 heterocycles. The van der Waals surface area contributed by atoms with Crippen molar-refractivity contribution < 1.29 is 23.1 Å². The second-order valence-electron chi connectivity index (χ2n) is 6.15. The van der Waals surface area contributed by atoms with Gasteiger partial charge in [-0.05, 0) is 37.5 Å². The smallest absolute Gasteiger partial charge is 0.397 e. The van der Waals surface area contributed by atoms with Gasteiger partial charge in [0.25, 0.3) is 0 Å². The Morgan fingerprint density at radius 3 is 2.81 bits per heavy atom. The predicted octanol–water partition coefficient (Wildman–Crippen LogP) is 2.07. The maximum atomic E-state index is 13.0. The van der Waals surface area contributed by atoms with E-state index < -0.39 is 11.9 Å². The Hall–Kier alpha value is -2.77. The van der Waals surface area contributed by atoms with Crippen molar-refractivity contribution >= 4 is 11.9 Å². The van der Waals surface area contributed by atoms with Crippen LogP contribution in [0.5, 0.6) is 0 Å². The molecule has 0 aliphatic carbocycles. The first-order chi connectivity index (χ1) is 12.6. The van der Waals surface area contributed by atoms with Crippen molar-refractivity contribution in [3.63, 3.8) is 0 Å². The molecule has 7 nitrogen and oxygen atoms in total. The summed E-state index contributed by atoms with van der Waals surface area (Å²) in [5.74, 6) is -1.01. The minimum absolute atomic E-state index is 0.114. The minimum atomic E-state index is -0.837. The fraction of sp³-hybridized carbons (Fsp3) is 0.444. The molecule has 1 aromatic carbocycles. The molecule has 1 unspecified atom stereocenters. The van der Waals surface area contributed by atoms with Gasteiger partial charge in [0.2, 0.25) is 11.8 Å². The Morgan fingerprint density at radius 1 is 1.31 bits per heavy atom. The van der Waals surface area contributed by atoms with E-state index in [2.05, 4.69) is 10.2 Å². The number of piperidine rings is 1. The molecule has 0 spiro atoms. The highest BCUT2D eigenvalue weighted by molar-refractivity contribution is 6.32. The molecule has 0 saturated carbocycles. The summed E-state index contributed by atoms with van der Waals surface area (Å²) in [5, 5.41) is 8.12. The van der Waals surface area contributed by atoms with E-state index >= 15 is 0 Å². The molecule has 0 radical (unpaired) electrons. The SMILES string of the molecule is CCOC(=O)C(=O)N1CCCC(c2nnc(Cc3ccc(F)cc3)o2)C1. The van der Waals surface area contributed by atoms with Gasteiger partial charge in [0.15, 0.2) is 0 Å². The van der Waals surface area contributed by atoms with Crippen molar-refractivity contribution in [2.45, 2.75) is 32.1 Å². The number of aromatic nitrogens is 2. The number of amides is 1. The van der Waals surface area contributed by atoms with Gasteiger partial charge in [-0.1, -0.05) is 12.1 Å². The van der Waals surface area contributed by atoms with E-state index in [9.17, 15) is 14.0 Å². The topological polar surface area (TPSA) is 85.5 Å². The van der Waals surface area contributed by atoms with E-state index in [4.69, 9.17) is 9.15 Å². The Morgan fingerprint density at radius 2 is 2.08 bits per heavy atom. The number of hydrogen-bond donors (Lipinski definition) is 0. The Bertz CT molecular complexity index is 775. The molecule has 1 atom stereocenters. The quantitative estimate of drug-likeness (QED) is 0.612. The summed E-state index contributed by atoms with van der Waals surface area (Å²) in [6, 6.07) is 6.10. The maximum absolute atomic E-state index is 13.0. The summed E-state index contributed by atoms with van der Waals surface area (Å²) in [4.78, 5) is 25.2. The molecule has 0 N–H and O–H groups in total. The number of carbonyl (C=O) groups is 2. The van der Waals surface area contributed by atoms with Crippen LogP contribution in [0.15, 0.2) is 28.7 Å². The number of halogens is 1. The van der Waals surface area contributed by atoms with Crippen LogP contribution in [0, 0.1) is 5.82 Å². The van der Waals surface area contributed by atoms with Gasteiger partial charge in [0, 0.05) is 13.1 Å². The lowest BCUT2D eigenvalue weighted by molar-refractivity contribution is -0.160. The van der Waals surface area contributed by atoms with E-state index in [0.717, 1.165) is 18.4 Å². The van der Waals surface area contributed by atoms with Crippen LogP contribution in [-0.2, 0) is 20.7 Å². The molecule has 1 amide bonds. The Labute approximate surface area is 150 Å². The molecule has 1 saturated heterocycles. The summed E-state index contributed by atoms with van der Waals surface area (Å²) in [5.41, 5.74) is 0.865. The molecule has 138 valence electrons. The van der Waals surface area contributed by atoms with Gasteiger partial charge >= 0.3 is 11.9 Å². The molecular weight excluding hydrogens is 341 g/mol. The van der Waals surface area contributed by atoms with Crippen molar-refractivity contribution in [1.82, 2.24) is 15.1 Å². The van der Waals surface area contributed by atoms with E-state index in [1.807, 2.05) is 0 Å². The summed E-state index contributed by atoms with van der Waals surface area (Å²) in [6.45, 7) is 2.67. The van der Waals surface area contributed by atoms with E-state index in [-0.39, 0.29) is 18.3 Å². The third kappa shape index (κ3) is 4.25. The molecule has 8 heteroatoms. The highest BCUT2D eigenvalue weighted by Gasteiger charge is 2.31. The van der Waals surface area contributed by atoms with Crippen LogP contribution in [0.25, 0.3) is 0 Å². The fourth-order valence-corrected chi connectivity index (χ4v) is 2.96. The molecule has 26 heavy (non-hydrogen) atoms. The van der Waals surface area contributed by atoms with Crippen molar-refractivity contribution in [1.29, 1.82) is 0 Å². The van der Waals surface area contributed by atoms with E-state index in [1.54, 1.807) is 19.1 Å². The zero-order chi connectivity index (χ0) is 18.5. The zero-order valence-corrected chi connectivity index (χ0v) is 14.5. The van der Waals surface area contributed by atoms with Crippen molar-refractivity contribution in [3.05, 3.63) is 47.4 Å². The lowest BCUT2D eigenvalue weighted by Crippen LogP contribution is -2.43. The van der Waals surface area contributed by atoms with Gasteiger partial charge in [-0.3, -0.25) is 4.79 Å². The van der Waals surface area contributed by atoms with Crippen molar-refractivity contribution in [3.8, 4) is 0 Å². The third-order valence-electron chi connectivity index (χ3n) is 4.26. The highest BCUT2D eigenvalue weighted by Crippen LogP contribution is 2.26. The van der Waals surface area contributed by atoms with Gasteiger partial charge in [-0.2, -0.15) is 0 Å². The lowest BCUT2D eigenvalue weighted by atomic mass is 9.98. The zero-order valence-electron chi connectivity index (χ0n) is 14.5. The van der Waals surface area contributed by atoms with Crippen molar-refractivity contribution in [2.24, 2.45) is 0 Å². The average molecular weight is 361 g/mol. The van der Waals surface area contributed by atoms with Crippen molar-refractivity contribution in [2.75, 3.05) is 19.7 Å². The van der Waals surface area contributed by atoms with Crippen LogP contribution in [0.4, 0.5) is 4.39 Å². The average Bonchev–Trinajstić information content (AvgIpc) is 3.12. The largest absolute Gasteiger partial charge is 0.459 e. The first-order valence-electron chi connectivity index (χ1n) is 8.59. The number of hydrogen-bond acceptors (Lipinski definition) is 6. The standard InChI is InChI=1S/C18H20FN3O4/c1-2-25-18(24)17(23)22-9-3-4-13(11-22)16-21-20-15(26-16)10-12-5-7-14(19)8-6-12/h5-8,13H,2-4,9-11H2,1H3. The number of rotatable bonds is 4. The highest BCUT2D eigenvalue weighted by atomic mass is 19.1. The molecule has 0 bridgehead atoms. The molecular formula is C18H20FN3O4. The second kappa shape index (κ2) is 8.07. The normalized spacial score (nSPS) is 17.2. The maximum Gasteiger partial charge on any atom is 0.397 e. The molecule has 2 aromatic rings. The van der Waals surface area contributed by atoms with Crippen LogP contribution >= 0.6 is 0 Å². The van der Waals surface area contributed by atoms with Crippen LogP contribution in [-0.4, -0.2) is 46.7 Å². The van der Waals surface area contributed by atoms with Crippen LogP contribution < -0.4 is 0 Å². The van der Waals surface area contributed by atoms with Gasteiger partial charge < -0.3 is 14.1 Å². The minimum Gasteiger partial charge on any atom is -0.459 e. The fourth-order valence-electron chi connectivity index (χ4n) is 2.96. The number of ether oxygens (including phenoxy) is 1.